The molecule has 2 aromatic carbocycles. The van der Waals surface area contributed by atoms with E-state index in [1.807, 2.05) is 12.1 Å². The summed E-state index contributed by atoms with van der Waals surface area (Å²) >= 11 is 3.25. The largest absolute Gasteiger partial charge is 0.493 e. The van der Waals surface area contributed by atoms with Gasteiger partial charge < -0.3 is 4.74 Å². The second kappa shape index (κ2) is 7.28. The monoisotopic (exact) mass is 421 g/mol. The zero-order valence-electron chi connectivity index (χ0n) is 14.7. The van der Waals surface area contributed by atoms with Gasteiger partial charge in [-0.25, -0.2) is 8.78 Å². The molecule has 2 aliphatic rings. The van der Waals surface area contributed by atoms with E-state index in [4.69, 9.17) is 4.74 Å². The van der Waals surface area contributed by atoms with Crippen molar-refractivity contribution in [3.05, 3.63) is 63.6 Å². The van der Waals surface area contributed by atoms with E-state index < -0.39 is 0 Å². The zero-order chi connectivity index (χ0) is 18.3. The first kappa shape index (κ1) is 17.9. The van der Waals surface area contributed by atoms with Gasteiger partial charge in [-0.2, -0.15) is 0 Å². The van der Waals surface area contributed by atoms with E-state index in [9.17, 15) is 8.78 Å². The van der Waals surface area contributed by atoms with Gasteiger partial charge >= 0.3 is 0 Å². The molecule has 1 saturated heterocycles. The Balaban J connectivity index is 1.71. The molecule has 2 aliphatic heterocycles. The Morgan fingerprint density at radius 1 is 1.08 bits per heavy atom. The third-order valence-corrected chi connectivity index (χ3v) is 6.23. The predicted octanol–water partition coefficient (Wildman–Crippen LogP) is 6.02. The minimum Gasteiger partial charge on any atom is -0.493 e. The maximum Gasteiger partial charge on any atom is 0.137 e. The van der Waals surface area contributed by atoms with Crippen LogP contribution in [-0.2, 0) is 0 Å². The van der Waals surface area contributed by atoms with Crippen LogP contribution in [0, 0.1) is 17.6 Å². The fourth-order valence-corrected chi connectivity index (χ4v) is 4.58. The number of ether oxygens (including phenoxy) is 1. The van der Waals surface area contributed by atoms with Crippen LogP contribution < -0.4 is 4.74 Å². The predicted molar refractivity (Wildman–Crippen MR) is 101 cm³/mol. The lowest BCUT2D eigenvalue weighted by Gasteiger charge is -2.45. The Kier molecular flexibility index (Phi) is 5.02. The van der Waals surface area contributed by atoms with Crippen LogP contribution in [0.5, 0.6) is 5.75 Å². The van der Waals surface area contributed by atoms with Crippen molar-refractivity contribution in [1.82, 2.24) is 4.90 Å². The highest BCUT2D eigenvalue weighted by molar-refractivity contribution is 9.10. The second-order valence-corrected chi connectivity index (χ2v) is 8.25. The quantitative estimate of drug-likeness (QED) is 0.587. The van der Waals surface area contributed by atoms with E-state index in [1.165, 1.54) is 12.1 Å². The van der Waals surface area contributed by atoms with Crippen LogP contribution in [0.3, 0.4) is 0 Å². The third kappa shape index (κ3) is 3.39. The number of benzene rings is 2. The number of fused-ring (bicyclic) bond motifs is 1. The maximum atomic E-state index is 14.2. The van der Waals surface area contributed by atoms with Crippen LogP contribution in [0.1, 0.15) is 49.4 Å². The normalized spacial score (nSPS) is 26.2. The molecule has 0 spiro atoms. The van der Waals surface area contributed by atoms with Gasteiger partial charge in [0, 0.05) is 24.1 Å². The first-order chi connectivity index (χ1) is 12.5. The molecular weight excluding hydrogens is 400 g/mol. The summed E-state index contributed by atoms with van der Waals surface area (Å²) in [6.45, 7) is 3.84. The lowest BCUT2D eigenvalue weighted by Crippen LogP contribution is -2.40. The first-order valence-electron chi connectivity index (χ1n) is 9.16. The fourth-order valence-electron chi connectivity index (χ4n) is 4.26. The van der Waals surface area contributed by atoms with Crippen molar-refractivity contribution < 1.29 is 13.5 Å². The number of halogens is 3. The van der Waals surface area contributed by atoms with Crippen LogP contribution >= 0.6 is 15.9 Å². The lowest BCUT2D eigenvalue weighted by atomic mass is 9.85. The zero-order valence-corrected chi connectivity index (χ0v) is 16.3. The molecule has 0 saturated carbocycles. The van der Waals surface area contributed by atoms with Crippen LogP contribution in [0.4, 0.5) is 8.78 Å². The van der Waals surface area contributed by atoms with E-state index in [0.717, 1.165) is 42.7 Å². The SMILES string of the molecule is C[C@@H]1CCN([C@H]2CCOc3cc(Br)c(F)cc32)[C@H](c2ccc(F)cc2)C1. The first-order valence-corrected chi connectivity index (χ1v) is 9.95. The summed E-state index contributed by atoms with van der Waals surface area (Å²) in [6, 6.07) is 10.5. The Hall–Kier alpha value is -1.46. The van der Waals surface area contributed by atoms with Crippen molar-refractivity contribution in [2.75, 3.05) is 13.2 Å². The Morgan fingerprint density at radius 2 is 1.85 bits per heavy atom. The topological polar surface area (TPSA) is 12.5 Å². The molecule has 26 heavy (non-hydrogen) atoms. The van der Waals surface area contributed by atoms with Crippen LogP contribution in [0.15, 0.2) is 40.9 Å². The molecular formula is C21H22BrF2NO. The molecule has 5 heteroatoms. The second-order valence-electron chi connectivity index (χ2n) is 7.39. The van der Waals surface area contributed by atoms with E-state index >= 15 is 0 Å². The summed E-state index contributed by atoms with van der Waals surface area (Å²) in [4.78, 5) is 2.46. The molecule has 0 radical (unpaired) electrons. The van der Waals surface area contributed by atoms with Crippen molar-refractivity contribution in [2.45, 2.75) is 38.3 Å². The molecule has 0 aliphatic carbocycles. The molecule has 2 nitrogen and oxygen atoms in total. The fraction of sp³-hybridized carbons (Fsp3) is 0.429. The standard InChI is InChI=1S/C21H22BrF2NO/c1-13-6-8-25(20(10-13)14-2-4-15(23)5-3-14)19-7-9-26-21-12-17(22)18(24)11-16(19)21/h2-5,11-13,19-20H,6-10H2,1H3/t13-,19+,20+/m1/s1. The number of likely N-dealkylation sites (tertiary alicyclic amines) is 1. The molecule has 3 atom stereocenters. The third-order valence-electron chi connectivity index (χ3n) is 5.62. The van der Waals surface area contributed by atoms with Gasteiger partial charge in [-0.1, -0.05) is 19.1 Å². The van der Waals surface area contributed by atoms with Gasteiger partial charge in [-0.15, -0.1) is 0 Å². The number of rotatable bonds is 2. The average Bonchev–Trinajstić information content (AvgIpc) is 2.63. The average molecular weight is 422 g/mol. The molecule has 0 N–H and O–H groups in total. The van der Waals surface area contributed by atoms with Gasteiger partial charge in [0.1, 0.15) is 17.4 Å². The Morgan fingerprint density at radius 3 is 2.62 bits per heavy atom. The summed E-state index contributed by atoms with van der Waals surface area (Å²) in [7, 11) is 0. The summed E-state index contributed by atoms with van der Waals surface area (Å²) in [5, 5.41) is 0. The number of piperidine rings is 1. The molecule has 138 valence electrons. The molecule has 2 heterocycles. The van der Waals surface area contributed by atoms with Crippen molar-refractivity contribution in [1.29, 1.82) is 0 Å². The van der Waals surface area contributed by atoms with E-state index in [2.05, 4.69) is 27.8 Å². The molecule has 0 aromatic heterocycles. The maximum absolute atomic E-state index is 14.2. The van der Waals surface area contributed by atoms with Gasteiger partial charge in [-0.3, -0.25) is 4.90 Å². The highest BCUT2D eigenvalue weighted by Crippen LogP contribution is 2.45. The van der Waals surface area contributed by atoms with E-state index in [1.54, 1.807) is 12.1 Å². The summed E-state index contributed by atoms with van der Waals surface area (Å²) in [6.07, 6.45) is 2.97. The smallest absolute Gasteiger partial charge is 0.137 e. The van der Waals surface area contributed by atoms with E-state index in [-0.39, 0.29) is 23.7 Å². The van der Waals surface area contributed by atoms with Crippen molar-refractivity contribution in [3.8, 4) is 5.75 Å². The van der Waals surface area contributed by atoms with Crippen LogP contribution in [0.2, 0.25) is 0 Å². The van der Waals surface area contributed by atoms with Gasteiger partial charge in [0.25, 0.3) is 0 Å². The summed E-state index contributed by atoms with van der Waals surface area (Å²) in [5.41, 5.74) is 2.04. The van der Waals surface area contributed by atoms with Crippen LogP contribution in [0.25, 0.3) is 0 Å². The van der Waals surface area contributed by atoms with Gasteiger partial charge in [0.2, 0.25) is 0 Å². The number of hydrogen-bond acceptors (Lipinski definition) is 2. The molecule has 4 rings (SSSR count). The van der Waals surface area contributed by atoms with Crippen LogP contribution in [-0.4, -0.2) is 18.1 Å². The highest BCUT2D eigenvalue weighted by atomic mass is 79.9. The van der Waals surface area contributed by atoms with Gasteiger partial charge in [0.05, 0.1) is 11.1 Å². The summed E-state index contributed by atoms with van der Waals surface area (Å²) < 4.78 is 33.8. The molecule has 2 aromatic rings. The molecule has 0 bridgehead atoms. The highest BCUT2D eigenvalue weighted by Gasteiger charge is 2.36. The molecule has 0 amide bonds. The van der Waals surface area contributed by atoms with Crippen molar-refractivity contribution in [2.24, 2.45) is 5.92 Å². The van der Waals surface area contributed by atoms with Crippen molar-refractivity contribution >= 4 is 15.9 Å². The van der Waals surface area contributed by atoms with Gasteiger partial charge in [0.15, 0.2) is 0 Å². The molecule has 0 unspecified atom stereocenters. The Bertz CT molecular complexity index is 795. The summed E-state index contributed by atoms with van der Waals surface area (Å²) in [5.74, 6) is 0.892. The molecule has 1 fully saturated rings. The Labute approximate surface area is 161 Å². The number of hydrogen-bond donors (Lipinski definition) is 0. The minimum absolute atomic E-state index is 0.115. The van der Waals surface area contributed by atoms with E-state index in [0.29, 0.717) is 17.0 Å². The van der Waals surface area contributed by atoms with Crippen molar-refractivity contribution in [3.63, 3.8) is 0 Å². The minimum atomic E-state index is -0.261. The van der Waals surface area contributed by atoms with Gasteiger partial charge in [-0.05, 0) is 71.1 Å². The number of nitrogens with zero attached hydrogens (tertiary/aromatic N) is 1. The lowest BCUT2D eigenvalue weighted by molar-refractivity contribution is 0.0486.